The molecule has 1 heterocycles. The highest BCUT2D eigenvalue weighted by molar-refractivity contribution is 5.86. The number of carbonyl (C=O) groups is 1. The minimum absolute atomic E-state index is 0.0114. The lowest BCUT2D eigenvalue weighted by atomic mass is 9.90. The number of nitrogens with two attached hydrogens (primary N) is 1. The number of rotatable bonds is 5. The quantitative estimate of drug-likeness (QED) is 0.739. The second-order valence-electron chi connectivity index (χ2n) is 4.66. The van der Waals surface area contributed by atoms with Crippen molar-refractivity contribution >= 4 is 5.91 Å². The van der Waals surface area contributed by atoms with E-state index in [1.165, 1.54) is 0 Å². The number of hydrogen-bond acceptors (Lipinski definition) is 3. The van der Waals surface area contributed by atoms with Crippen molar-refractivity contribution in [3.8, 4) is 0 Å². The van der Waals surface area contributed by atoms with Crippen molar-refractivity contribution in [3.05, 3.63) is 0 Å². The third kappa shape index (κ3) is 3.46. The van der Waals surface area contributed by atoms with E-state index in [-0.39, 0.29) is 5.91 Å². The number of amides is 1. The van der Waals surface area contributed by atoms with Crippen LogP contribution < -0.4 is 11.1 Å². The SMILES string of the molecule is CCC(CC)CNC(=O)C1(N)CCOCC1. The Hall–Kier alpha value is -0.610. The van der Waals surface area contributed by atoms with E-state index in [4.69, 9.17) is 10.5 Å². The standard InChI is InChI=1S/C12H24N2O2/c1-3-10(4-2)9-14-11(15)12(13)5-7-16-8-6-12/h10H,3-9,13H2,1-2H3,(H,14,15). The van der Waals surface area contributed by atoms with Crippen LogP contribution in [0.5, 0.6) is 0 Å². The molecule has 4 heteroatoms. The van der Waals surface area contributed by atoms with Crippen LogP contribution in [0, 0.1) is 5.92 Å². The molecule has 0 radical (unpaired) electrons. The van der Waals surface area contributed by atoms with Crippen molar-refractivity contribution < 1.29 is 9.53 Å². The fourth-order valence-electron chi connectivity index (χ4n) is 1.95. The Labute approximate surface area is 97.9 Å². The van der Waals surface area contributed by atoms with Gasteiger partial charge in [0.1, 0.15) is 0 Å². The van der Waals surface area contributed by atoms with Crippen LogP contribution in [0.2, 0.25) is 0 Å². The van der Waals surface area contributed by atoms with E-state index in [1.807, 2.05) is 0 Å². The van der Waals surface area contributed by atoms with Crippen LogP contribution in [0.1, 0.15) is 39.5 Å². The zero-order chi connectivity index (χ0) is 12.0. The minimum Gasteiger partial charge on any atom is -0.381 e. The molecular weight excluding hydrogens is 204 g/mol. The van der Waals surface area contributed by atoms with Gasteiger partial charge in [0, 0.05) is 19.8 Å². The molecule has 1 fully saturated rings. The van der Waals surface area contributed by atoms with Crippen LogP contribution in [0.3, 0.4) is 0 Å². The summed E-state index contributed by atoms with van der Waals surface area (Å²) >= 11 is 0. The van der Waals surface area contributed by atoms with E-state index < -0.39 is 5.54 Å². The molecule has 0 aromatic carbocycles. The Morgan fingerprint density at radius 2 is 1.94 bits per heavy atom. The lowest BCUT2D eigenvalue weighted by Gasteiger charge is -2.32. The summed E-state index contributed by atoms with van der Waals surface area (Å²) in [6.45, 7) is 6.22. The maximum atomic E-state index is 12.0. The first-order valence-corrected chi connectivity index (χ1v) is 6.27. The van der Waals surface area contributed by atoms with Crippen LogP contribution in [-0.4, -0.2) is 31.2 Å². The molecule has 0 bridgehead atoms. The van der Waals surface area contributed by atoms with E-state index in [1.54, 1.807) is 0 Å². The highest BCUT2D eigenvalue weighted by Crippen LogP contribution is 2.18. The summed E-state index contributed by atoms with van der Waals surface area (Å²) in [4.78, 5) is 12.0. The lowest BCUT2D eigenvalue weighted by molar-refractivity contribution is -0.129. The van der Waals surface area contributed by atoms with E-state index in [0.717, 1.165) is 19.4 Å². The molecule has 0 saturated carbocycles. The van der Waals surface area contributed by atoms with Crippen molar-refractivity contribution in [3.63, 3.8) is 0 Å². The summed E-state index contributed by atoms with van der Waals surface area (Å²) in [7, 11) is 0. The molecule has 1 aliphatic rings. The van der Waals surface area contributed by atoms with Gasteiger partial charge < -0.3 is 15.8 Å². The molecule has 3 N–H and O–H groups in total. The predicted molar refractivity (Wildman–Crippen MR) is 64.1 cm³/mol. The Kier molecular flexibility index (Phi) is 5.22. The second kappa shape index (κ2) is 6.21. The third-order valence-corrected chi connectivity index (χ3v) is 3.54. The van der Waals surface area contributed by atoms with Crippen LogP contribution in [-0.2, 0) is 9.53 Å². The fraction of sp³-hybridized carbons (Fsp3) is 0.917. The zero-order valence-electron chi connectivity index (χ0n) is 10.4. The van der Waals surface area contributed by atoms with Gasteiger partial charge in [0.2, 0.25) is 5.91 Å². The van der Waals surface area contributed by atoms with Gasteiger partial charge in [0.15, 0.2) is 0 Å². The highest BCUT2D eigenvalue weighted by Gasteiger charge is 2.35. The van der Waals surface area contributed by atoms with Crippen molar-refractivity contribution in [2.24, 2.45) is 11.7 Å². The van der Waals surface area contributed by atoms with Gasteiger partial charge in [-0.25, -0.2) is 0 Å². The minimum atomic E-state index is -0.704. The molecule has 94 valence electrons. The Balaban J connectivity index is 2.38. The first-order chi connectivity index (χ1) is 7.62. The maximum absolute atomic E-state index is 12.0. The first kappa shape index (κ1) is 13.5. The largest absolute Gasteiger partial charge is 0.381 e. The average molecular weight is 228 g/mol. The van der Waals surface area contributed by atoms with E-state index in [0.29, 0.717) is 32.0 Å². The number of ether oxygens (including phenoxy) is 1. The Morgan fingerprint density at radius 1 is 1.38 bits per heavy atom. The topological polar surface area (TPSA) is 64.4 Å². The molecule has 1 aliphatic heterocycles. The molecule has 0 aliphatic carbocycles. The average Bonchev–Trinajstić information content (AvgIpc) is 2.31. The molecule has 0 atom stereocenters. The monoisotopic (exact) mass is 228 g/mol. The first-order valence-electron chi connectivity index (χ1n) is 6.27. The number of hydrogen-bond donors (Lipinski definition) is 2. The lowest BCUT2D eigenvalue weighted by Crippen LogP contribution is -2.57. The summed E-state index contributed by atoms with van der Waals surface area (Å²) in [6.07, 6.45) is 3.44. The summed E-state index contributed by atoms with van der Waals surface area (Å²) < 4.78 is 5.22. The van der Waals surface area contributed by atoms with E-state index >= 15 is 0 Å². The Bertz CT molecular complexity index is 221. The highest BCUT2D eigenvalue weighted by atomic mass is 16.5. The molecule has 1 saturated heterocycles. The molecule has 0 aromatic heterocycles. The van der Waals surface area contributed by atoms with Gasteiger partial charge in [-0.3, -0.25) is 4.79 Å². The van der Waals surface area contributed by atoms with Crippen LogP contribution in [0.25, 0.3) is 0 Å². The second-order valence-corrected chi connectivity index (χ2v) is 4.66. The molecule has 0 spiro atoms. The predicted octanol–water partition coefficient (Wildman–Crippen LogP) is 1.05. The fourth-order valence-corrected chi connectivity index (χ4v) is 1.95. The van der Waals surface area contributed by atoms with Gasteiger partial charge in [0.05, 0.1) is 5.54 Å². The van der Waals surface area contributed by atoms with Crippen molar-refractivity contribution in [1.82, 2.24) is 5.32 Å². The van der Waals surface area contributed by atoms with Crippen LogP contribution in [0.15, 0.2) is 0 Å². The number of carbonyl (C=O) groups excluding carboxylic acids is 1. The third-order valence-electron chi connectivity index (χ3n) is 3.54. The van der Waals surface area contributed by atoms with Crippen molar-refractivity contribution in [2.75, 3.05) is 19.8 Å². The van der Waals surface area contributed by atoms with E-state index in [9.17, 15) is 4.79 Å². The zero-order valence-corrected chi connectivity index (χ0v) is 10.4. The van der Waals surface area contributed by atoms with E-state index in [2.05, 4.69) is 19.2 Å². The van der Waals surface area contributed by atoms with Gasteiger partial charge in [0.25, 0.3) is 0 Å². The van der Waals surface area contributed by atoms with Gasteiger partial charge in [-0.15, -0.1) is 0 Å². The Morgan fingerprint density at radius 3 is 2.44 bits per heavy atom. The summed E-state index contributed by atoms with van der Waals surface area (Å²) in [5.74, 6) is 0.551. The number of nitrogens with one attached hydrogen (secondary N) is 1. The van der Waals surface area contributed by atoms with Gasteiger partial charge in [-0.2, -0.15) is 0 Å². The van der Waals surface area contributed by atoms with Crippen molar-refractivity contribution in [1.29, 1.82) is 0 Å². The molecule has 16 heavy (non-hydrogen) atoms. The normalized spacial score (nSPS) is 19.8. The maximum Gasteiger partial charge on any atom is 0.240 e. The van der Waals surface area contributed by atoms with Gasteiger partial charge in [-0.05, 0) is 18.8 Å². The molecule has 0 aromatic rings. The molecule has 4 nitrogen and oxygen atoms in total. The van der Waals surface area contributed by atoms with Crippen LogP contribution >= 0.6 is 0 Å². The molecular formula is C12H24N2O2. The van der Waals surface area contributed by atoms with Crippen LogP contribution in [0.4, 0.5) is 0 Å². The molecule has 1 rings (SSSR count). The van der Waals surface area contributed by atoms with Gasteiger partial charge >= 0.3 is 0 Å². The van der Waals surface area contributed by atoms with Crippen molar-refractivity contribution in [2.45, 2.75) is 45.1 Å². The summed E-state index contributed by atoms with van der Waals surface area (Å²) in [6, 6.07) is 0. The summed E-state index contributed by atoms with van der Waals surface area (Å²) in [5, 5.41) is 2.98. The van der Waals surface area contributed by atoms with Gasteiger partial charge in [-0.1, -0.05) is 26.7 Å². The molecule has 1 amide bonds. The smallest absolute Gasteiger partial charge is 0.240 e. The molecule has 0 unspecified atom stereocenters. The summed E-state index contributed by atoms with van der Waals surface area (Å²) in [5.41, 5.74) is 5.38.